The number of carboxylic acid groups (broad SMARTS) is 1. The summed E-state index contributed by atoms with van der Waals surface area (Å²) in [4.78, 5) is 22.0. The van der Waals surface area contributed by atoms with Crippen LogP contribution >= 0.6 is 11.8 Å². The molecule has 2 heterocycles. The van der Waals surface area contributed by atoms with Gasteiger partial charge >= 0.3 is 5.97 Å². The fraction of sp³-hybridized carbons (Fsp3) is 0.400. The smallest absolute Gasteiger partial charge is 0.335 e. The number of fused-ring (bicyclic) bond motifs is 1. The second-order valence-corrected chi connectivity index (χ2v) is 6.49. The van der Waals surface area contributed by atoms with Gasteiger partial charge in [-0.15, -0.1) is 0 Å². The van der Waals surface area contributed by atoms with Crippen molar-refractivity contribution in [2.24, 2.45) is 0 Å². The highest BCUT2D eigenvalue weighted by Gasteiger charge is 2.21. The van der Waals surface area contributed by atoms with Crippen molar-refractivity contribution < 1.29 is 9.90 Å². The molecule has 1 fully saturated rings. The number of anilines is 1. The molecule has 0 amide bonds. The van der Waals surface area contributed by atoms with E-state index in [0.717, 1.165) is 36.5 Å². The minimum atomic E-state index is -0.933. The molecule has 1 unspecified atom stereocenters. The van der Waals surface area contributed by atoms with Crippen LogP contribution in [0, 0.1) is 0 Å². The van der Waals surface area contributed by atoms with E-state index in [-0.39, 0.29) is 5.56 Å². The van der Waals surface area contributed by atoms with E-state index in [0.29, 0.717) is 10.8 Å². The van der Waals surface area contributed by atoms with Crippen molar-refractivity contribution in [3.63, 3.8) is 0 Å². The summed E-state index contributed by atoms with van der Waals surface area (Å²) in [6, 6.07) is 5.04. The molecule has 3 rings (SSSR count). The molecule has 1 aliphatic heterocycles. The summed E-state index contributed by atoms with van der Waals surface area (Å²) in [7, 11) is 0. The normalized spacial score (nSPS) is 18.9. The highest BCUT2D eigenvalue weighted by atomic mass is 32.2. The van der Waals surface area contributed by atoms with Crippen LogP contribution in [0.5, 0.6) is 0 Å². The summed E-state index contributed by atoms with van der Waals surface area (Å²) in [5.41, 5.74) is 0.943. The standard InChI is InChI=1S/C15H17N3O2S/c1-2-11-8-18(5-6-21-11)14-12-4-3-10(15(19)20)7-13(12)16-9-17-14/h3-4,7,9,11H,2,5-6,8H2,1H3,(H,19,20). The van der Waals surface area contributed by atoms with Crippen LogP contribution in [0.2, 0.25) is 0 Å². The van der Waals surface area contributed by atoms with Crippen molar-refractivity contribution in [2.75, 3.05) is 23.7 Å². The number of carbonyl (C=O) groups is 1. The Morgan fingerprint density at radius 3 is 3.10 bits per heavy atom. The Kier molecular flexibility index (Phi) is 3.96. The zero-order chi connectivity index (χ0) is 14.8. The van der Waals surface area contributed by atoms with Gasteiger partial charge in [0, 0.05) is 29.5 Å². The van der Waals surface area contributed by atoms with Gasteiger partial charge in [-0.2, -0.15) is 11.8 Å². The number of aromatic carboxylic acids is 1. The Morgan fingerprint density at radius 1 is 1.48 bits per heavy atom. The number of carboxylic acids is 1. The predicted octanol–water partition coefficient (Wildman–Crippen LogP) is 2.66. The number of hydrogen-bond acceptors (Lipinski definition) is 5. The van der Waals surface area contributed by atoms with Gasteiger partial charge in [0.2, 0.25) is 0 Å². The molecule has 1 aromatic carbocycles. The van der Waals surface area contributed by atoms with Crippen LogP contribution < -0.4 is 4.90 Å². The van der Waals surface area contributed by atoms with Gasteiger partial charge in [0.25, 0.3) is 0 Å². The lowest BCUT2D eigenvalue weighted by molar-refractivity contribution is 0.0697. The lowest BCUT2D eigenvalue weighted by Crippen LogP contribution is -2.38. The molecule has 1 atom stereocenters. The highest BCUT2D eigenvalue weighted by molar-refractivity contribution is 8.00. The number of hydrogen-bond donors (Lipinski definition) is 1. The summed E-state index contributed by atoms with van der Waals surface area (Å²) in [6.07, 6.45) is 2.67. The minimum absolute atomic E-state index is 0.257. The molecule has 0 bridgehead atoms. The van der Waals surface area contributed by atoms with Crippen LogP contribution in [0.15, 0.2) is 24.5 Å². The second kappa shape index (κ2) is 5.89. The highest BCUT2D eigenvalue weighted by Crippen LogP contribution is 2.29. The van der Waals surface area contributed by atoms with E-state index in [4.69, 9.17) is 5.11 Å². The molecule has 0 aliphatic carbocycles. The topological polar surface area (TPSA) is 66.3 Å². The Balaban J connectivity index is 2.00. The van der Waals surface area contributed by atoms with E-state index in [2.05, 4.69) is 21.8 Å². The minimum Gasteiger partial charge on any atom is -0.478 e. The summed E-state index contributed by atoms with van der Waals surface area (Å²) in [5.74, 6) is 1.07. The largest absolute Gasteiger partial charge is 0.478 e. The first-order valence-corrected chi connectivity index (χ1v) is 8.08. The van der Waals surface area contributed by atoms with Crippen LogP contribution in [0.1, 0.15) is 23.7 Å². The third-order valence-corrected chi connectivity index (χ3v) is 5.13. The Labute approximate surface area is 127 Å². The Morgan fingerprint density at radius 2 is 2.33 bits per heavy atom. The van der Waals surface area contributed by atoms with Crippen molar-refractivity contribution >= 4 is 34.5 Å². The molecular weight excluding hydrogens is 286 g/mol. The first-order chi connectivity index (χ1) is 10.2. The van der Waals surface area contributed by atoms with Gasteiger partial charge < -0.3 is 10.0 Å². The van der Waals surface area contributed by atoms with E-state index >= 15 is 0 Å². The third-order valence-electron chi connectivity index (χ3n) is 3.76. The van der Waals surface area contributed by atoms with Crippen LogP contribution in [-0.4, -0.2) is 45.1 Å². The van der Waals surface area contributed by atoms with Crippen molar-refractivity contribution in [2.45, 2.75) is 18.6 Å². The molecule has 2 aromatic rings. The average molecular weight is 303 g/mol. The Hall–Kier alpha value is -1.82. The lowest BCUT2D eigenvalue weighted by atomic mass is 10.1. The summed E-state index contributed by atoms with van der Waals surface area (Å²) in [5, 5.41) is 10.6. The maximum Gasteiger partial charge on any atom is 0.335 e. The van der Waals surface area contributed by atoms with Crippen molar-refractivity contribution in [1.82, 2.24) is 9.97 Å². The fourth-order valence-corrected chi connectivity index (χ4v) is 3.77. The molecule has 110 valence electrons. The van der Waals surface area contributed by atoms with Gasteiger partial charge in [0.05, 0.1) is 11.1 Å². The van der Waals surface area contributed by atoms with Gasteiger partial charge in [0.15, 0.2) is 0 Å². The van der Waals surface area contributed by atoms with E-state index in [1.165, 1.54) is 6.33 Å². The maximum absolute atomic E-state index is 11.1. The number of nitrogens with zero attached hydrogens (tertiary/aromatic N) is 3. The zero-order valence-corrected chi connectivity index (χ0v) is 12.6. The van der Waals surface area contributed by atoms with Gasteiger partial charge in [-0.05, 0) is 24.6 Å². The molecule has 1 aliphatic rings. The van der Waals surface area contributed by atoms with Crippen molar-refractivity contribution in [1.29, 1.82) is 0 Å². The molecule has 5 nitrogen and oxygen atoms in total. The van der Waals surface area contributed by atoms with E-state index < -0.39 is 5.97 Å². The number of benzene rings is 1. The molecule has 0 radical (unpaired) electrons. The van der Waals surface area contributed by atoms with Gasteiger partial charge in [-0.1, -0.05) is 6.92 Å². The summed E-state index contributed by atoms with van der Waals surface area (Å²) < 4.78 is 0. The molecule has 1 saturated heterocycles. The lowest BCUT2D eigenvalue weighted by Gasteiger charge is -2.33. The van der Waals surface area contributed by atoms with Gasteiger partial charge in [-0.3, -0.25) is 0 Å². The number of thioether (sulfide) groups is 1. The molecular formula is C15H17N3O2S. The van der Waals surface area contributed by atoms with Gasteiger partial charge in [0.1, 0.15) is 12.1 Å². The van der Waals surface area contributed by atoms with Crippen LogP contribution in [0.4, 0.5) is 5.82 Å². The van der Waals surface area contributed by atoms with E-state index in [1.807, 2.05) is 17.8 Å². The molecule has 21 heavy (non-hydrogen) atoms. The van der Waals surface area contributed by atoms with E-state index in [9.17, 15) is 4.79 Å². The number of aromatic nitrogens is 2. The Bertz CT molecular complexity index is 677. The van der Waals surface area contributed by atoms with Crippen molar-refractivity contribution in [3.8, 4) is 0 Å². The first kappa shape index (κ1) is 14.1. The molecule has 1 N–H and O–H groups in total. The summed E-state index contributed by atoms with van der Waals surface area (Å²) >= 11 is 2.01. The maximum atomic E-state index is 11.1. The molecule has 6 heteroatoms. The molecule has 0 spiro atoms. The van der Waals surface area contributed by atoms with Crippen LogP contribution in [-0.2, 0) is 0 Å². The summed E-state index contributed by atoms with van der Waals surface area (Å²) in [6.45, 7) is 4.15. The molecule has 1 aromatic heterocycles. The predicted molar refractivity (Wildman–Crippen MR) is 85.2 cm³/mol. The van der Waals surface area contributed by atoms with Crippen LogP contribution in [0.3, 0.4) is 0 Å². The van der Waals surface area contributed by atoms with E-state index in [1.54, 1.807) is 12.1 Å². The number of rotatable bonds is 3. The second-order valence-electron chi connectivity index (χ2n) is 5.08. The SMILES string of the molecule is CCC1CN(c2ncnc3cc(C(=O)O)ccc23)CCS1. The fourth-order valence-electron chi connectivity index (χ4n) is 2.59. The molecule has 0 saturated carbocycles. The van der Waals surface area contributed by atoms with Gasteiger partial charge in [-0.25, -0.2) is 14.8 Å². The van der Waals surface area contributed by atoms with Crippen molar-refractivity contribution in [3.05, 3.63) is 30.1 Å². The van der Waals surface area contributed by atoms with Crippen LogP contribution in [0.25, 0.3) is 10.9 Å². The quantitative estimate of drug-likeness (QED) is 0.940. The first-order valence-electron chi connectivity index (χ1n) is 7.03. The monoisotopic (exact) mass is 303 g/mol. The average Bonchev–Trinajstić information content (AvgIpc) is 2.53. The zero-order valence-electron chi connectivity index (χ0n) is 11.8. The third kappa shape index (κ3) is 2.81.